The van der Waals surface area contributed by atoms with Gasteiger partial charge in [0.2, 0.25) is 11.8 Å². The van der Waals surface area contributed by atoms with Crippen molar-refractivity contribution >= 4 is 39.7 Å². The van der Waals surface area contributed by atoms with Gasteiger partial charge in [-0.3, -0.25) is 48.2 Å². The van der Waals surface area contributed by atoms with E-state index in [-0.39, 0.29) is 70.8 Å². The predicted molar refractivity (Wildman–Crippen MR) is 239 cm³/mol. The summed E-state index contributed by atoms with van der Waals surface area (Å²) >= 11 is 0. The van der Waals surface area contributed by atoms with Crippen molar-refractivity contribution in [1.82, 2.24) is 50.4 Å². The molecule has 0 spiro atoms. The van der Waals surface area contributed by atoms with Crippen LogP contribution in [0.3, 0.4) is 0 Å². The molecule has 1 aliphatic heterocycles. The number of hydrogen-bond donors (Lipinski definition) is 3. The Kier molecular flexibility index (Phi) is 21.5. The molecule has 3 N–H and O–H groups in total. The summed E-state index contributed by atoms with van der Waals surface area (Å²) in [6, 6.07) is 30.1. The van der Waals surface area contributed by atoms with Crippen LogP contribution in [0.25, 0.3) is 22.8 Å². The van der Waals surface area contributed by atoms with Gasteiger partial charge in [-0.05, 0) is 73.1 Å². The van der Waals surface area contributed by atoms with Crippen LogP contribution in [0.5, 0.6) is 0 Å². The van der Waals surface area contributed by atoms with Gasteiger partial charge in [0.1, 0.15) is 6.04 Å². The van der Waals surface area contributed by atoms with Crippen LogP contribution in [0.1, 0.15) is 35.2 Å². The second-order valence-corrected chi connectivity index (χ2v) is 15.6. The van der Waals surface area contributed by atoms with Crippen LogP contribution >= 0.6 is 0 Å². The third kappa shape index (κ3) is 18.4. The number of aryl methyl sites for hydroxylation is 1. The molecule has 4 aromatic heterocycles. The van der Waals surface area contributed by atoms with Gasteiger partial charge in [0.25, 0.3) is 17.7 Å². The molecule has 353 valence electrons. The first-order chi connectivity index (χ1) is 31.9. The first-order valence-electron chi connectivity index (χ1n) is 20.6. The van der Waals surface area contributed by atoms with E-state index in [1.54, 1.807) is 40.1 Å². The second kappa shape index (κ2) is 27.4. The fourth-order valence-electron chi connectivity index (χ4n) is 5.90. The van der Waals surface area contributed by atoms with Gasteiger partial charge in [0.05, 0.1) is 47.0 Å². The molecule has 5 heterocycles. The first-order valence-corrected chi connectivity index (χ1v) is 22.2. The summed E-state index contributed by atoms with van der Waals surface area (Å²) in [5, 5.41) is 15.6. The van der Waals surface area contributed by atoms with Gasteiger partial charge in [0.15, 0.2) is 0 Å². The normalized spacial score (nSPS) is 12.1. The molecule has 21 heteroatoms. The van der Waals surface area contributed by atoms with E-state index < -0.39 is 45.5 Å². The number of carbonyl (C=O) groups excluding carboxylic acids is 5. The summed E-state index contributed by atoms with van der Waals surface area (Å²) in [7, 11) is -4.87. The Morgan fingerprint density at radius 3 is 1.93 bits per heavy atom. The number of nitrogens with one attached hydrogen (secondary N) is 3. The molecular weight excluding hydrogens is 1060 g/mol. The van der Waals surface area contributed by atoms with Crippen LogP contribution in [-0.2, 0) is 54.1 Å². The molecule has 1 atom stereocenters. The number of rotatable bonds is 19. The van der Waals surface area contributed by atoms with Crippen molar-refractivity contribution in [3.8, 4) is 22.8 Å². The number of aromatic nitrogens is 6. The standard InChI is InChI=1S/C28H34N6O9S.2C9H7N2.Ir/c1-19-7-10-29-21(16-19)22-17-20(8-11-30-22)27(38)33-23(18-44(40,41)42)28(39)32-9-3-2-4-24(35)31-12-14-43-15-13-34-25(36)5-6-26(34)37;2*1-2-5-9(6-3-1)11-8-4-7-10-11;/h5-8,10-11,16-17,23H,2-4,9,12-15,18H2,1H3,(H,31,35)(H,32,39)(H,33,38)(H,40,41,42);2*1-5,7-8H;/q;2*-1;/p-1. The number of nitrogens with zero attached hydrogens (tertiary/aromatic N) is 7. The summed E-state index contributed by atoms with van der Waals surface area (Å²) in [6.45, 7) is 2.60. The van der Waals surface area contributed by atoms with E-state index in [4.69, 9.17) is 4.74 Å². The number of imide groups is 1. The molecule has 1 radical (unpaired) electrons. The van der Waals surface area contributed by atoms with Crippen LogP contribution in [-0.4, -0.2) is 122 Å². The molecule has 0 fully saturated rings. The number of benzene rings is 2. The zero-order chi connectivity index (χ0) is 47.2. The van der Waals surface area contributed by atoms with Gasteiger partial charge in [-0.1, -0.05) is 0 Å². The molecule has 0 bridgehead atoms. The summed E-state index contributed by atoms with van der Waals surface area (Å²) < 4.78 is 43.2. The van der Waals surface area contributed by atoms with Gasteiger partial charge in [-0.25, -0.2) is 8.42 Å². The van der Waals surface area contributed by atoms with Crippen LogP contribution in [0, 0.1) is 19.1 Å². The van der Waals surface area contributed by atoms with Crippen molar-refractivity contribution in [3.63, 3.8) is 0 Å². The van der Waals surface area contributed by atoms with Crippen molar-refractivity contribution in [2.24, 2.45) is 0 Å². The van der Waals surface area contributed by atoms with Crippen molar-refractivity contribution < 1.29 is 61.8 Å². The zero-order valence-corrected chi connectivity index (χ0v) is 39.4. The van der Waals surface area contributed by atoms with Gasteiger partial charge < -0.3 is 25.2 Å². The zero-order valence-electron chi connectivity index (χ0n) is 36.2. The Balaban J connectivity index is 0.000000340. The summed E-state index contributed by atoms with van der Waals surface area (Å²) in [4.78, 5) is 69.9. The maximum atomic E-state index is 12.9. The molecular formula is C46H47IrN10O9S-3. The molecule has 0 saturated carbocycles. The smallest absolute Gasteiger partial charge is 0.253 e. The number of amides is 5. The summed E-state index contributed by atoms with van der Waals surface area (Å²) in [6.07, 6.45) is 13.5. The van der Waals surface area contributed by atoms with Crippen LogP contribution in [0.15, 0.2) is 134 Å². The Hall–Kier alpha value is -7.03. The third-order valence-electron chi connectivity index (χ3n) is 9.14. The van der Waals surface area contributed by atoms with Crippen molar-refractivity contribution in [3.05, 3.63) is 158 Å². The first kappa shape index (κ1) is 52.6. The number of unbranched alkanes of at least 4 members (excludes halogenated alkanes) is 1. The number of pyridine rings is 2. The number of hydrogen-bond acceptors (Lipinski definition) is 13. The van der Waals surface area contributed by atoms with E-state index in [2.05, 4.69) is 48.2 Å². The molecule has 19 nitrogen and oxygen atoms in total. The molecule has 0 saturated heterocycles. The van der Waals surface area contributed by atoms with E-state index in [1.165, 1.54) is 30.5 Å². The summed E-state index contributed by atoms with van der Waals surface area (Å²) in [5.41, 5.74) is 3.86. The molecule has 1 unspecified atom stereocenters. The number of para-hydroxylation sites is 2. The molecule has 5 amide bonds. The maximum absolute atomic E-state index is 12.9. The van der Waals surface area contributed by atoms with Gasteiger partial charge in [-0.15, -0.1) is 12.1 Å². The van der Waals surface area contributed by atoms with E-state index >= 15 is 0 Å². The SMILES string of the molecule is Cc1ccnc(-c2cc(C(=O)NC(CS(=O)(=O)[O-])C(=O)NCCCCC(=O)NCCOCCN3C(=O)C=CC3=O)ccn2)c1.[Ir].[c-]1ccccc1-n1cccn1.[c-]1ccccc1-n1cccn1. The minimum atomic E-state index is -4.87. The second-order valence-electron chi connectivity index (χ2n) is 14.2. The Labute approximate surface area is 401 Å². The quantitative estimate of drug-likeness (QED) is 0.0458. The summed E-state index contributed by atoms with van der Waals surface area (Å²) in [5.74, 6) is -3.82. The minimum Gasteiger partial charge on any atom is -0.748 e. The van der Waals surface area contributed by atoms with Crippen molar-refractivity contribution in [2.75, 3.05) is 38.6 Å². The van der Waals surface area contributed by atoms with Crippen LogP contribution < -0.4 is 16.0 Å². The predicted octanol–water partition coefficient (Wildman–Crippen LogP) is 2.78. The van der Waals surface area contributed by atoms with E-state index in [0.717, 1.165) is 21.8 Å². The largest absolute Gasteiger partial charge is 0.748 e. The third-order valence-corrected chi connectivity index (χ3v) is 9.88. The van der Waals surface area contributed by atoms with Gasteiger partial charge >= 0.3 is 0 Å². The minimum absolute atomic E-state index is 0. The molecule has 2 aromatic carbocycles. The van der Waals surface area contributed by atoms with E-state index in [0.29, 0.717) is 24.2 Å². The van der Waals surface area contributed by atoms with E-state index in [1.807, 2.05) is 80.0 Å². The fourth-order valence-corrected chi connectivity index (χ4v) is 6.54. The monoisotopic (exact) mass is 1110 g/mol. The molecule has 7 rings (SSSR count). The van der Waals surface area contributed by atoms with E-state index in [9.17, 15) is 36.9 Å². The van der Waals surface area contributed by atoms with Gasteiger partial charge in [-0.2, -0.15) is 58.7 Å². The average molecular weight is 1110 g/mol. The molecule has 1 aliphatic rings. The van der Waals surface area contributed by atoms with Crippen LogP contribution in [0.2, 0.25) is 0 Å². The molecule has 67 heavy (non-hydrogen) atoms. The molecule has 6 aromatic rings. The average Bonchev–Trinajstić information content (AvgIpc) is 4.13. The van der Waals surface area contributed by atoms with Crippen molar-refractivity contribution in [2.45, 2.75) is 32.2 Å². The Bertz CT molecular complexity index is 2550. The Morgan fingerprint density at radius 2 is 1.37 bits per heavy atom. The maximum Gasteiger partial charge on any atom is 0.253 e. The molecule has 0 aliphatic carbocycles. The fraction of sp³-hybridized carbons (Fsp3) is 0.239. The number of carbonyl (C=O) groups is 5. The Morgan fingerprint density at radius 1 is 0.761 bits per heavy atom. The number of ether oxygens (including phenoxy) is 1. The van der Waals surface area contributed by atoms with Crippen molar-refractivity contribution in [1.29, 1.82) is 0 Å². The van der Waals surface area contributed by atoms with Crippen LogP contribution in [0.4, 0.5) is 0 Å². The van der Waals surface area contributed by atoms with Gasteiger partial charge in [0, 0.05) is 94.5 Å². The topological polar surface area (TPSA) is 253 Å².